The van der Waals surface area contributed by atoms with Crippen molar-refractivity contribution in [2.24, 2.45) is 4.99 Å². The van der Waals surface area contributed by atoms with Crippen molar-refractivity contribution >= 4 is 39.8 Å². The maximum absolute atomic E-state index is 12.7. The molecule has 1 aliphatic rings. The number of para-hydroxylation sites is 1. The van der Waals surface area contributed by atoms with E-state index in [0.717, 1.165) is 4.47 Å². The second-order valence-corrected chi connectivity index (χ2v) is 7.99. The van der Waals surface area contributed by atoms with Gasteiger partial charge >= 0.3 is 11.9 Å². The van der Waals surface area contributed by atoms with Gasteiger partial charge in [-0.2, -0.15) is 0 Å². The predicted octanol–water partition coefficient (Wildman–Crippen LogP) is 5.42. The lowest BCUT2D eigenvalue weighted by Crippen LogP contribution is -2.11. The van der Waals surface area contributed by atoms with Crippen LogP contribution in [0.2, 0.25) is 0 Å². The Morgan fingerprint density at radius 1 is 1.03 bits per heavy atom. The molecule has 172 valence electrons. The fourth-order valence-electron chi connectivity index (χ4n) is 3.22. The van der Waals surface area contributed by atoms with Gasteiger partial charge in [-0.05, 0) is 67.1 Å². The lowest BCUT2D eigenvalue weighted by molar-refractivity contribution is -0.129. The zero-order valence-electron chi connectivity index (χ0n) is 18.4. The molecule has 0 saturated carbocycles. The smallest absolute Gasteiger partial charge is 0.363 e. The fourth-order valence-corrected chi connectivity index (χ4v) is 3.48. The van der Waals surface area contributed by atoms with E-state index in [1.807, 2.05) is 19.1 Å². The summed E-state index contributed by atoms with van der Waals surface area (Å²) < 4.78 is 22.7. The van der Waals surface area contributed by atoms with Crippen molar-refractivity contribution in [2.45, 2.75) is 6.92 Å². The Balaban J connectivity index is 1.60. The highest BCUT2D eigenvalue weighted by molar-refractivity contribution is 9.10. The summed E-state index contributed by atoms with van der Waals surface area (Å²) in [4.78, 5) is 29.4. The lowest BCUT2D eigenvalue weighted by Gasteiger charge is -2.12. The van der Waals surface area contributed by atoms with Crippen LogP contribution >= 0.6 is 15.9 Å². The van der Waals surface area contributed by atoms with Gasteiger partial charge in [0, 0.05) is 10.0 Å². The quantitative estimate of drug-likeness (QED) is 0.234. The van der Waals surface area contributed by atoms with E-state index in [4.69, 9.17) is 18.9 Å². The van der Waals surface area contributed by atoms with Crippen LogP contribution in [0.25, 0.3) is 6.08 Å². The molecule has 0 amide bonds. The number of aliphatic imine (C=N–C) groups is 1. The number of hydrogen-bond acceptors (Lipinski definition) is 7. The van der Waals surface area contributed by atoms with Crippen LogP contribution in [0.5, 0.6) is 17.2 Å². The van der Waals surface area contributed by atoms with Gasteiger partial charge in [0.15, 0.2) is 17.2 Å². The van der Waals surface area contributed by atoms with Crippen LogP contribution in [0, 0.1) is 0 Å². The Morgan fingerprint density at radius 3 is 2.53 bits per heavy atom. The molecular formula is C26H20BrNO6. The van der Waals surface area contributed by atoms with Crippen molar-refractivity contribution in [2.75, 3.05) is 13.7 Å². The summed E-state index contributed by atoms with van der Waals surface area (Å²) in [6.45, 7) is 2.17. The highest BCUT2D eigenvalue weighted by Crippen LogP contribution is 2.32. The normalized spacial score (nSPS) is 13.9. The average molecular weight is 522 g/mol. The van der Waals surface area contributed by atoms with Crippen molar-refractivity contribution in [1.82, 2.24) is 0 Å². The number of carbonyl (C=O) groups excluding carboxylic acids is 2. The van der Waals surface area contributed by atoms with Crippen LogP contribution in [0.4, 0.5) is 0 Å². The molecule has 1 aliphatic heterocycles. The lowest BCUT2D eigenvalue weighted by atomic mass is 10.1. The maximum atomic E-state index is 12.7. The molecular weight excluding hydrogens is 502 g/mol. The van der Waals surface area contributed by atoms with Crippen LogP contribution in [-0.2, 0) is 9.53 Å². The summed E-state index contributed by atoms with van der Waals surface area (Å²) in [6, 6.07) is 19.0. The first-order valence-electron chi connectivity index (χ1n) is 10.4. The van der Waals surface area contributed by atoms with E-state index in [-0.39, 0.29) is 17.3 Å². The first-order valence-corrected chi connectivity index (χ1v) is 11.2. The van der Waals surface area contributed by atoms with Crippen LogP contribution in [0.3, 0.4) is 0 Å². The maximum Gasteiger partial charge on any atom is 0.363 e. The van der Waals surface area contributed by atoms with Gasteiger partial charge in [0.2, 0.25) is 5.90 Å². The molecule has 3 aromatic carbocycles. The molecule has 0 aromatic heterocycles. The summed E-state index contributed by atoms with van der Waals surface area (Å²) in [5, 5.41) is 0. The molecule has 0 spiro atoms. The van der Waals surface area contributed by atoms with Gasteiger partial charge in [-0.1, -0.05) is 34.1 Å². The molecule has 4 rings (SSSR count). The predicted molar refractivity (Wildman–Crippen MR) is 130 cm³/mol. The second-order valence-electron chi connectivity index (χ2n) is 7.07. The molecule has 0 aliphatic carbocycles. The highest BCUT2D eigenvalue weighted by Gasteiger charge is 2.24. The minimum Gasteiger partial charge on any atom is -0.496 e. The van der Waals surface area contributed by atoms with E-state index in [2.05, 4.69) is 20.9 Å². The Morgan fingerprint density at radius 2 is 1.79 bits per heavy atom. The molecule has 8 heteroatoms. The van der Waals surface area contributed by atoms with E-state index in [9.17, 15) is 9.59 Å². The minimum atomic E-state index is -0.576. The van der Waals surface area contributed by atoms with Gasteiger partial charge in [-0.15, -0.1) is 0 Å². The van der Waals surface area contributed by atoms with E-state index in [1.54, 1.807) is 60.7 Å². The van der Waals surface area contributed by atoms with Gasteiger partial charge in [-0.25, -0.2) is 14.6 Å². The number of halogens is 1. The van der Waals surface area contributed by atoms with Crippen LogP contribution in [0.1, 0.15) is 28.4 Å². The topological polar surface area (TPSA) is 83.4 Å². The number of carbonyl (C=O) groups is 2. The standard InChI is InChI=1S/C26H20BrNO6/c1-3-32-23-15-16(8-13-22(23)33-25(29)19-6-4-5-7-21(19)31-2)14-20-26(30)34-24(28-20)17-9-11-18(27)12-10-17/h4-15H,3H2,1-2H3. The number of esters is 2. The molecule has 0 atom stereocenters. The molecule has 34 heavy (non-hydrogen) atoms. The second kappa shape index (κ2) is 10.4. The number of ether oxygens (including phenoxy) is 4. The van der Waals surface area contributed by atoms with Crippen molar-refractivity contribution in [3.05, 3.63) is 93.6 Å². The zero-order chi connectivity index (χ0) is 24.1. The third-order valence-corrected chi connectivity index (χ3v) is 5.34. The highest BCUT2D eigenvalue weighted by atomic mass is 79.9. The number of benzene rings is 3. The Labute approximate surface area is 204 Å². The molecule has 0 N–H and O–H groups in total. The van der Waals surface area contributed by atoms with Crippen molar-refractivity contribution in [3.63, 3.8) is 0 Å². The number of nitrogens with zero attached hydrogens (tertiary/aromatic N) is 1. The third kappa shape index (κ3) is 5.18. The largest absolute Gasteiger partial charge is 0.496 e. The minimum absolute atomic E-state index is 0.152. The van der Waals surface area contributed by atoms with E-state index >= 15 is 0 Å². The summed E-state index contributed by atoms with van der Waals surface area (Å²) in [5.41, 5.74) is 1.77. The summed E-state index contributed by atoms with van der Waals surface area (Å²) >= 11 is 3.37. The number of methoxy groups -OCH3 is 1. The van der Waals surface area contributed by atoms with Crippen LogP contribution < -0.4 is 14.2 Å². The zero-order valence-corrected chi connectivity index (χ0v) is 20.0. The summed E-state index contributed by atoms with van der Waals surface area (Å²) in [7, 11) is 1.48. The first-order chi connectivity index (χ1) is 16.5. The molecule has 1 heterocycles. The van der Waals surface area contributed by atoms with E-state index in [0.29, 0.717) is 34.8 Å². The summed E-state index contributed by atoms with van der Waals surface area (Å²) in [5.74, 6) is 0.105. The Kier molecular flexibility index (Phi) is 7.08. The molecule has 0 unspecified atom stereocenters. The molecule has 0 saturated heterocycles. The van der Waals surface area contributed by atoms with Gasteiger partial charge in [0.25, 0.3) is 0 Å². The van der Waals surface area contributed by atoms with Gasteiger partial charge < -0.3 is 18.9 Å². The first kappa shape index (κ1) is 23.3. The molecule has 0 radical (unpaired) electrons. The Hall–Kier alpha value is -3.91. The van der Waals surface area contributed by atoms with Gasteiger partial charge in [-0.3, -0.25) is 0 Å². The van der Waals surface area contributed by atoms with E-state index in [1.165, 1.54) is 7.11 Å². The van der Waals surface area contributed by atoms with Gasteiger partial charge in [0.1, 0.15) is 11.3 Å². The van der Waals surface area contributed by atoms with E-state index < -0.39 is 11.9 Å². The number of cyclic esters (lactones) is 1. The van der Waals surface area contributed by atoms with Gasteiger partial charge in [0.05, 0.1) is 13.7 Å². The summed E-state index contributed by atoms with van der Waals surface area (Å²) in [6.07, 6.45) is 1.59. The number of hydrogen-bond donors (Lipinski definition) is 0. The average Bonchev–Trinajstić information content (AvgIpc) is 3.21. The molecule has 3 aromatic rings. The fraction of sp³-hybridized carbons (Fsp3) is 0.115. The van der Waals surface area contributed by atoms with Crippen molar-refractivity contribution in [3.8, 4) is 17.2 Å². The Bertz CT molecular complexity index is 1300. The monoisotopic (exact) mass is 521 g/mol. The third-order valence-electron chi connectivity index (χ3n) is 4.81. The van der Waals surface area contributed by atoms with Crippen molar-refractivity contribution in [1.29, 1.82) is 0 Å². The SMILES string of the molecule is CCOc1cc(C=C2N=C(c3ccc(Br)cc3)OC2=O)ccc1OC(=O)c1ccccc1OC. The molecule has 0 bridgehead atoms. The van der Waals surface area contributed by atoms with Crippen LogP contribution in [0.15, 0.2) is 81.9 Å². The van der Waals surface area contributed by atoms with Crippen molar-refractivity contribution < 1.29 is 28.5 Å². The van der Waals surface area contributed by atoms with Crippen LogP contribution in [-0.4, -0.2) is 31.6 Å². The number of rotatable bonds is 7. The molecule has 7 nitrogen and oxygen atoms in total. The molecule has 0 fully saturated rings.